The Morgan fingerprint density at radius 2 is 1.53 bits per heavy atom. The molecule has 0 amide bonds. The zero-order valence-corrected chi connectivity index (χ0v) is 17.0. The highest BCUT2D eigenvalue weighted by Gasteiger charge is 2.14. The Morgan fingerprint density at radius 1 is 0.733 bits per heavy atom. The van der Waals surface area contributed by atoms with E-state index in [2.05, 4.69) is 115 Å². The van der Waals surface area contributed by atoms with E-state index in [0.717, 1.165) is 6.42 Å². The third-order valence-corrected chi connectivity index (χ3v) is 6.31. The first-order valence-corrected chi connectivity index (χ1v) is 10.7. The summed E-state index contributed by atoms with van der Waals surface area (Å²) in [4.78, 5) is 0. The number of fused-ring (bicyclic) bond motifs is 4. The molecular formula is C29H23N. The van der Waals surface area contributed by atoms with Gasteiger partial charge >= 0.3 is 0 Å². The Kier molecular flexibility index (Phi) is 3.89. The van der Waals surface area contributed by atoms with Crippen LogP contribution in [0.4, 0.5) is 0 Å². The molecule has 1 aliphatic carbocycles. The lowest BCUT2D eigenvalue weighted by atomic mass is 9.93. The lowest BCUT2D eigenvalue weighted by Gasteiger charge is -2.13. The van der Waals surface area contributed by atoms with Gasteiger partial charge < -0.3 is 4.57 Å². The first-order valence-electron chi connectivity index (χ1n) is 10.7. The van der Waals surface area contributed by atoms with E-state index in [-0.39, 0.29) is 0 Å². The number of rotatable bonds is 2. The Labute approximate surface area is 176 Å². The van der Waals surface area contributed by atoms with Crippen molar-refractivity contribution in [2.45, 2.75) is 13.3 Å². The molecule has 1 aliphatic rings. The highest BCUT2D eigenvalue weighted by atomic mass is 15.0. The molecule has 0 N–H and O–H groups in total. The van der Waals surface area contributed by atoms with Gasteiger partial charge in [0.1, 0.15) is 0 Å². The standard InChI is InChI=1S/C29H23N/c1-20-10-12-22(13-11-20)24-15-17-29-27(19-24)26-8-4-5-9-28(26)30(29)25-16-14-21-6-2-3-7-23(21)18-25/h2-10,12-20H,11H2,1H3. The zero-order valence-electron chi connectivity index (χ0n) is 17.0. The summed E-state index contributed by atoms with van der Waals surface area (Å²) in [6.45, 7) is 2.27. The van der Waals surface area contributed by atoms with Crippen LogP contribution in [-0.2, 0) is 0 Å². The molecule has 144 valence electrons. The van der Waals surface area contributed by atoms with Crippen molar-refractivity contribution in [3.8, 4) is 5.69 Å². The van der Waals surface area contributed by atoms with Crippen molar-refractivity contribution in [1.29, 1.82) is 0 Å². The number of hydrogen-bond donors (Lipinski definition) is 0. The van der Waals surface area contributed by atoms with Crippen molar-refractivity contribution in [2.75, 3.05) is 0 Å². The van der Waals surface area contributed by atoms with Crippen LogP contribution in [0.3, 0.4) is 0 Å². The van der Waals surface area contributed by atoms with E-state index in [1.54, 1.807) is 0 Å². The van der Waals surface area contributed by atoms with Gasteiger partial charge in [-0.1, -0.05) is 79.7 Å². The summed E-state index contributed by atoms with van der Waals surface area (Å²) in [5.41, 5.74) is 6.34. The summed E-state index contributed by atoms with van der Waals surface area (Å²) in [5, 5.41) is 5.15. The van der Waals surface area contributed by atoms with Gasteiger partial charge in [-0.25, -0.2) is 0 Å². The van der Waals surface area contributed by atoms with Crippen LogP contribution in [0.2, 0.25) is 0 Å². The van der Waals surface area contributed by atoms with E-state index in [9.17, 15) is 0 Å². The number of allylic oxidation sites excluding steroid dienone is 4. The van der Waals surface area contributed by atoms with E-state index in [4.69, 9.17) is 0 Å². The fourth-order valence-corrected chi connectivity index (χ4v) is 4.69. The molecule has 0 aliphatic heterocycles. The van der Waals surface area contributed by atoms with Crippen LogP contribution in [0.25, 0.3) is 43.8 Å². The Morgan fingerprint density at radius 3 is 2.40 bits per heavy atom. The third kappa shape index (κ3) is 2.70. The van der Waals surface area contributed by atoms with Crippen LogP contribution in [0.15, 0.2) is 103 Å². The van der Waals surface area contributed by atoms with E-state index >= 15 is 0 Å². The quantitative estimate of drug-likeness (QED) is 0.291. The van der Waals surface area contributed by atoms with Gasteiger partial charge in [0.25, 0.3) is 0 Å². The maximum atomic E-state index is 2.40. The third-order valence-electron chi connectivity index (χ3n) is 6.31. The molecule has 0 saturated carbocycles. The summed E-state index contributed by atoms with van der Waals surface area (Å²) >= 11 is 0. The molecule has 0 fully saturated rings. The maximum Gasteiger partial charge on any atom is 0.0541 e. The minimum Gasteiger partial charge on any atom is -0.309 e. The van der Waals surface area contributed by atoms with E-state index in [1.165, 1.54) is 49.4 Å². The van der Waals surface area contributed by atoms with Crippen molar-refractivity contribution in [3.05, 3.63) is 109 Å². The van der Waals surface area contributed by atoms with Crippen molar-refractivity contribution < 1.29 is 0 Å². The molecular weight excluding hydrogens is 362 g/mol. The SMILES string of the molecule is CC1C=CC(c2ccc3c(c2)c2ccccc2n3-c2ccc3ccccc3c2)=CC1. The number of hydrogen-bond acceptors (Lipinski definition) is 0. The molecule has 1 aromatic heterocycles. The van der Waals surface area contributed by atoms with Gasteiger partial charge in [0.15, 0.2) is 0 Å². The highest BCUT2D eigenvalue weighted by molar-refractivity contribution is 6.10. The number of benzene rings is 4. The predicted molar refractivity (Wildman–Crippen MR) is 129 cm³/mol. The smallest absolute Gasteiger partial charge is 0.0541 e. The maximum absolute atomic E-state index is 2.40. The fourth-order valence-electron chi connectivity index (χ4n) is 4.69. The van der Waals surface area contributed by atoms with Crippen LogP contribution in [0.5, 0.6) is 0 Å². The zero-order chi connectivity index (χ0) is 20.1. The van der Waals surface area contributed by atoms with Gasteiger partial charge in [0.05, 0.1) is 11.0 Å². The number of nitrogens with zero attached hydrogens (tertiary/aromatic N) is 1. The van der Waals surface area contributed by atoms with E-state index < -0.39 is 0 Å². The molecule has 6 rings (SSSR count). The first-order chi connectivity index (χ1) is 14.8. The summed E-state index contributed by atoms with van der Waals surface area (Å²) in [5.74, 6) is 0.632. The summed E-state index contributed by atoms with van der Waals surface area (Å²) in [6.07, 6.45) is 8.08. The Hall–Kier alpha value is -3.58. The molecule has 1 atom stereocenters. The van der Waals surface area contributed by atoms with Crippen molar-refractivity contribution in [3.63, 3.8) is 0 Å². The molecule has 4 aromatic carbocycles. The fraction of sp³-hybridized carbons (Fsp3) is 0.103. The average Bonchev–Trinajstić information content (AvgIpc) is 3.13. The number of aromatic nitrogens is 1. The van der Waals surface area contributed by atoms with Crippen molar-refractivity contribution >= 4 is 38.2 Å². The molecule has 0 radical (unpaired) electrons. The lowest BCUT2D eigenvalue weighted by Crippen LogP contribution is -1.95. The second-order valence-corrected chi connectivity index (χ2v) is 8.35. The Balaban J connectivity index is 1.60. The summed E-state index contributed by atoms with van der Waals surface area (Å²) < 4.78 is 2.40. The topological polar surface area (TPSA) is 4.93 Å². The van der Waals surface area contributed by atoms with Crippen molar-refractivity contribution in [2.24, 2.45) is 5.92 Å². The first kappa shape index (κ1) is 17.3. The van der Waals surface area contributed by atoms with Crippen LogP contribution < -0.4 is 0 Å². The molecule has 0 spiro atoms. The molecule has 0 bridgehead atoms. The van der Waals surface area contributed by atoms with Crippen molar-refractivity contribution in [1.82, 2.24) is 4.57 Å². The van der Waals surface area contributed by atoms with Gasteiger partial charge in [-0.05, 0) is 64.6 Å². The van der Waals surface area contributed by atoms with E-state index in [1.807, 2.05) is 0 Å². The molecule has 1 unspecified atom stereocenters. The second-order valence-electron chi connectivity index (χ2n) is 8.35. The average molecular weight is 386 g/mol. The summed E-state index contributed by atoms with van der Waals surface area (Å²) in [6, 6.07) is 31.0. The van der Waals surface area contributed by atoms with Gasteiger partial charge in [-0.3, -0.25) is 0 Å². The van der Waals surface area contributed by atoms with Crippen LogP contribution in [0, 0.1) is 5.92 Å². The molecule has 1 heterocycles. The van der Waals surface area contributed by atoms with Crippen LogP contribution in [0.1, 0.15) is 18.9 Å². The summed E-state index contributed by atoms with van der Waals surface area (Å²) in [7, 11) is 0. The number of para-hydroxylation sites is 1. The van der Waals surface area contributed by atoms with Gasteiger partial charge in [0, 0.05) is 16.5 Å². The monoisotopic (exact) mass is 385 g/mol. The minimum absolute atomic E-state index is 0.632. The largest absolute Gasteiger partial charge is 0.309 e. The van der Waals surface area contributed by atoms with Crippen LogP contribution in [-0.4, -0.2) is 4.57 Å². The van der Waals surface area contributed by atoms with Gasteiger partial charge in [-0.2, -0.15) is 0 Å². The minimum atomic E-state index is 0.632. The lowest BCUT2D eigenvalue weighted by molar-refractivity contribution is 0.739. The molecule has 1 heteroatoms. The molecule has 1 nitrogen and oxygen atoms in total. The molecule has 30 heavy (non-hydrogen) atoms. The highest BCUT2D eigenvalue weighted by Crippen LogP contribution is 2.35. The molecule has 0 saturated heterocycles. The Bertz CT molecular complexity index is 1480. The second kappa shape index (κ2) is 6.74. The normalized spacial score (nSPS) is 16.4. The van der Waals surface area contributed by atoms with Crippen LogP contribution >= 0.6 is 0 Å². The molecule has 5 aromatic rings. The van der Waals surface area contributed by atoms with Gasteiger partial charge in [0.2, 0.25) is 0 Å². The van der Waals surface area contributed by atoms with E-state index in [0.29, 0.717) is 5.92 Å². The predicted octanol–water partition coefficient (Wildman–Crippen LogP) is 7.92. The van der Waals surface area contributed by atoms with Gasteiger partial charge in [-0.15, -0.1) is 0 Å².